The van der Waals surface area contributed by atoms with E-state index in [9.17, 15) is 29.7 Å². The summed E-state index contributed by atoms with van der Waals surface area (Å²) in [4.78, 5) is 38.7. The number of rotatable bonds is 14. The molecule has 0 unspecified atom stereocenters. The van der Waals surface area contributed by atoms with E-state index < -0.39 is 29.8 Å². The fraction of sp³-hybridized carbons (Fsp3) is 0.621. The molecule has 3 rings (SSSR count). The number of amides is 2. The number of aliphatic hydroxyl groups excluding tert-OH is 3. The van der Waals surface area contributed by atoms with Gasteiger partial charge in [-0.05, 0) is 68.7 Å². The molecule has 2 aliphatic rings. The lowest BCUT2D eigenvalue weighted by Crippen LogP contribution is -2.40. The summed E-state index contributed by atoms with van der Waals surface area (Å²) in [5, 5.41) is 39.7. The summed E-state index contributed by atoms with van der Waals surface area (Å²) in [6.45, 7) is 5.66. The fourth-order valence-electron chi connectivity index (χ4n) is 5.84. The lowest BCUT2D eigenvalue weighted by atomic mass is 9.66. The van der Waals surface area contributed by atoms with Gasteiger partial charge in [0.05, 0.1) is 24.5 Å². The van der Waals surface area contributed by atoms with E-state index >= 15 is 0 Å². The van der Waals surface area contributed by atoms with E-state index in [0.29, 0.717) is 55.6 Å². The number of unbranched alkanes of at least 4 members (excludes halogenated alkanes) is 2. The van der Waals surface area contributed by atoms with Gasteiger partial charge in [0.2, 0.25) is 11.8 Å². The van der Waals surface area contributed by atoms with Crippen LogP contribution in [0.15, 0.2) is 33.3 Å². The molecule has 0 bridgehead atoms. The molecule has 1 saturated heterocycles. The number of aliphatic carboxylic acids is 1. The van der Waals surface area contributed by atoms with Crippen LogP contribution in [0.25, 0.3) is 6.08 Å². The number of carbonyl (C=O) groups excluding carboxylic acids is 2. The minimum Gasteiger partial charge on any atom is -0.481 e. The molecule has 4 N–H and O–H groups in total. The number of hydrogen-bond acceptors (Lipinski definition) is 7. The van der Waals surface area contributed by atoms with Crippen molar-refractivity contribution in [2.24, 2.45) is 23.7 Å². The lowest BCUT2D eigenvalue weighted by molar-refractivity contribution is -0.141. The zero-order valence-electron chi connectivity index (χ0n) is 22.6. The summed E-state index contributed by atoms with van der Waals surface area (Å²) in [5.74, 6) is -2.14. The van der Waals surface area contributed by atoms with E-state index in [0.717, 1.165) is 11.1 Å². The van der Waals surface area contributed by atoms with Crippen molar-refractivity contribution in [3.63, 3.8) is 0 Å². The summed E-state index contributed by atoms with van der Waals surface area (Å²) in [6.07, 6.45) is 4.02. The number of carboxylic acid groups (broad SMARTS) is 1. The molecule has 1 aromatic rings. The first-order valence-electron chi connectivity index (χ1n) is 13.5. The number of hydrogen-bond donors (Lipinski definition) is 4. The molecule has 9 nitrogen and oxygen atoms in total. The molecule has 0 spiro atoms. The van der Waals surface area contributed by atoms with Crippen LogP contribution in [0.2, 0.25) is 0 Å². The molecule has 2 amide bonds. The van der Waals surface area contributed by atoms with Crippen molar-refractivity contribution in [1.29, 1.82) is 0 Å². The summed E-state index contributed by atoms with van der Waals surface area (Å²) < 4.78 is 5.51. The monoisotopic (exact) mass is 531 g/mol. The minimum atomic E-state index is -0.869. The topological polar surface area (TPSA) is 149 Å². The van der Waals surface area contributed by atoms with E-state index in [1.807, 2.05) is 26.8 Å². The van der Waals surface area contributed by atoms with Gasteiger partial charge in [0, 0.05) is 18.9 Å². The van der Waals surface area contributed by atoms with Gasteiger partial charge >= 0.3 is 5.97 Å². The molecular weight excluding hydrogens is 490 g/mol. The third-order valence-corrected chi connectivity index (χ3v) is 7.78. The van der Waals surface area contributed by atoms with Crippen LogP contribution in [-0.4, -0.2) is 62.4 Å². The molecule has 4 atom stereocenters. The molecule has 2 heterocycles. The molecule has 1 fully saturated rings. The van der Waals surface area contributed by atoms with Crippen molar-refractivity contribution in [1.82, 2.24) is 4.90 Å². The maximum Gasteiger partial charge on any atom is 0.303 e. The maximum absolute atomic E-state index is 13.4. The summed E-state index contributed by atoms with van der Waals surface area (Å²) in [6, 6.07) is 3.48. The third kappa shape index (κ3) is 6.81. The first kappa shape index (κ1) is 29.8. The highest BCUT2D eigenvalue weighted by Crippen LogP contribution is 2.48. The highest BCUT2D eigenvalue weighted by molar-refractivity contribution is 6.05. The Kier molecular flexibility index (Phi) is 10.5. The Morgan fingerprint density at radius 3 is 2.47 bits per heavy atom. The molecule has 0 aromatic carbocycles. The first-order chi connectivity index (χ1) is 18.1. The quantitative estimate of drug-likeness (QED) is 0.162. The van der Waals surface area contributed by atoms with Crippen molar-refractivity contribution in [3.8, 4) is 0 Å². The number of carboxylic acids is 1. The van der Waals surface area contributed by atoms with Crippen LogP contribution in [0.3, 0.4) is 0 Å². The summed E-state index contributed by atoms with van der Waals surface area (Å²) >= 11 is 0. The van der Waals surface area contributed by atoms with Crippen molar-refractivity contribution < 1.29 is 39.2 Å². The van der Waals surface area contributed by atoms with Gasteiger partial charge in [0.25, 0.3) is 0 Å². The second-order valence-corrected chi connectivity index (χ2v) is 10.8. The normalized spacial score (nSPS) is 23.0. The van der Waals surface area contributed by atoms with Gasteiger partial charge in [0.1, 0.15) is 18.1 Å². The van der Waals surface area contributed by atoms with Crippen LogP contribution in [0, 0.1) is 23.7 Å². The zero-order valence-corrected chi connectivity index (χ0v) is 22.6. The molecule has 9 heteroatoms. The molecular formula is C29H41NO8. The van der Waals surface area contributed by atoms with E-state index in [-0.39, 0.29) is 43.9 Å². The number of aliphatic hydroxyl groups is 3. The van der Waals surface area contributed by atoms with Crippen molar-refractivity contribution >= 4 is 23.9 Å². The second kappa shape index (κ2) is 13.4. The Labute approximate surface area is 223 Å². The lowest BCUT2D eigenvalue weighted by Gasteiger charge is -2.38. The van der Waals surface area contributed by atoms with E-state index in [1.54, 1.807) is 12.1 Å². The van der Waals surface area contributed by atoms with Crippen molar-refractivity contribution in [2.45, 2.75) is 78.4 Å². The number of imide groups is 1. The number of allylic oxidation sites excluding steroid dienone is 2. The summed E-state index contributed by atoms with van der Waals surface area (Å²) in [7, 11) is 0. The number of likely N-dealkylation sites (tertiary alicyclic amines) is 1. The minimum absolute atomic E-state index is 0.0410. The third-order valence-electron chi connectivity index (χ3n) is 7.78. The smallest absolute Gasteiger partial charge is 0.303 e. The van der Waals surface area contributed by atoms with Crippen LogP contribution in [0.4, 0.5) is 0 Å². The van der Waals surface area contributed by atoms with E-state index in [1.165, 1.54) is 4.90 Å². The van der Waals surface area contributed by atoms with Crippen LogP contribution in [0.5, 0.6) is 0 Å². The second-order valence-electron chi connectivity index (χ2n) is 10.8. The SMILES string of the molecule is C/C(=C\c1ccc(CO)o1)CC[C@@H](O)C1=C(C(C)C)C[C@H]2C(=O)N(CCCCCC(=O)O)C(=O)[C@H]2[C@H]1CO. The van der Waals surface area contributed by atoms with Crippen molar-refractivity contribution in [2.75, 3.05) is 13.2 Å². The van der Waals surface area contributed by atoms with Crippen LogP contribution in [0.1, 0.15) is 77.2 Å². The van der Waals surface area contributed by atoms with Gasteiger partial charge in [-0.2, -0.15) is 0 Å². The highest BCUT2D eigenvalue weighted by atomic mass is 16.4. The average molecular weight is 532 g/mol. The Bertz CT molecular complexity index is 1070. The van der Waals surface area contributed by atoms with Gasteiger partial charge in [-0.15, -0.1) is 0 Å². The Morgan fingerprint density at radius 1 is 1.13 bits per heavy atom. The van der Waals surface area contributed by atoms with Gasteiger partial charge in [-0.25, -0.2) is 0 Å². The van der Waals surface area contributed by atoms with Gasteiger partial charge in [0.15, 0.2) is 0 Å². The number of nitrogens with zero attached hydrogens (tertiary/aromatic N) is 1. The fourth-order valence-corrected chi connectivity index (χ4v) is 5.84. The van der Waals surface area contributed by atoms with E-state index in [2.05, 4.69) is 0 Å². The van der Waals surface area contributed by atoms with E-state index in [4.69, 9.17) is 9.52 Å². The predicted molar refractivity (Wildman–Crippen MR) is 140 cm³/mol. The molecule has 210 valence electrons. The van der Waals surface area contributed by atoms with Gasteiger partial charge < -0.3 is 24.8 Å². The first-order valence-corrected chi connectivity index (χ1v) is 13.5. The number of furan rings is 1. The Balaban J connectivity index is 1.74. The molecule has 1 aliphatic carbocycles. The van der Waals surface area contributed by atoms with Crippen LogP contribution in [-0.2, 0) is 21.0 Å². The Hall–Kier alpha value is -2.75. The average Bonchev–Trinajstić information content (AvgIpc) is 3.43. The highest BCUT2D eigenvalue weighted by Gasteiger charge is 2.54. The zero-order chi connectivity index (χ0) is 28.0. The molecule has 0 saturated carbocycles. The Morgan fingerprint density at radius 2 is 1.87 bits per heavy atom. The molecule has 38 heavy (non-hydrogen) atoms. The van der Waals surface area contributed by atoms with Gasteiger partial charge in [-0.3, -0.25) is 19.3 Å². The van der Waals surface area contributed by atoms with Crippen molar-refractivity contribution in [3.05, 3.63) is 40.4 Å². The van der Waals surface area contributed by atoms with Crippen LogP contribution >= 0.6 is 0 Å². The molecule has 1 aliphatic heterocycles. The van der Waals surface area contributed by atoms with Gasteiger partial charge in [-0.1, -0.05) is 31.4 Å². The predicted octanol–water partition coefficient (Wildman–Crippen LogP) is 3.53. The number of fused-ring (bicyclic) bond motifs is 1. The maximum atomic E-state index is 13.4. The van der Waals surface area contributed by atoms with Crippen LogP contribution < -0.4 is 0 Å². The number of carbonyl (C=O) groups is 3. The summed E-state index contributed by atoms with van der Waals surface area (Å²) in [5.41, 5.74) is 2.59. The largest absolute Gasteiger partial charge is 0.481 e. The molecule has 1 aromatic heterocycles. The standard InChI is InChI=1S/C29H41NO8/c1-17(2)21-14-22-27(29(37)30(28(22)36)12-6-4-5-7-25(34)35)23(16-32)26(21)24(33)11-8-18(3)13-19-9-10-20(15-31)38-19/h9-10,13,17,22-24,27,31-33H,4-8,11-12,14-16H2,1-3H3,(H,34,35)/b18-13+/t22-,23+,24-,27-/m1/s1. The molecule has 0 radical (unpaired) electrons.